The van der Waals surface area contributed by atoms with Gasteiger partial charge >= 0.3 is 0 Å². The minimum Gasteiger partial charge on any atom is -0.393 e. The van der Waals surface area contributed by atoms with Crippen molar-refractivity contribution in [2.45, 2.75) is 44.3 Å². The molecule has 0 unspecified atom stereocenters. The minimum absolute atomic E-state index is 0.0833. The summed E-state index contributed by atoms with van der Waals surface area (Å²) < 4.78 is 5.64. The molecule has 0 aromatic rings. The predicted octanol–water partition coefficient (Wildman–Crippen LogP) is 1.33. The summed E-state index contributed by atoms with van der Waals surface area (Å²) in [5.41, 5.74) is 0.417. The van der Waals surface area contributed by atoms with Crippen LogP contribution in [0.4, 0.5) is 0 Å². The van der Waals surface area contributed by atoms with Crippen LogP contribution in [0.2, 0.25) is 0 Å². The van der Waals surface area contributed by atoms with Gasteiger partial charge in [-0.25, -0.2) is 0 Å². The van der Waals surface area contributed by atoms with Gasteiger partial charge in [0, 0.05) is 11.3 Å². The molecule has 2 bridgehead atoms. The van der Waals surface area contributed by atoms with E-state index in [-0.39, 0.29) is 11.7 Å². The Morgan fingerprint density at radius 1 is 1.50 bits per heavy atom. The quantitative estimate of drug-likeness (QED) is 0.553. The fraction of sp³-hybridized carbons (Fsp3) is 1.00. The molecule has 1 saturated heterocycles. The Morgan fingerprint density at radius 3 is 2.75 bits per heavy atom. The van der Waals surface area contributed by atoms with Crippen LogP contribution in [-0.2, 0) is 4.74 Å². The molecule has 1 heterocycles. The molecule has 2 aliphatic carbocycles. The second-order valence-corrected chi connectivity index (χ2v) is 5.01. The maximum absolute atomic E-state index is 9.86. The van der Waals surface area contributed by atoms with E-state index in [0.29, 0.717) is 11.3 Å². The lowest BCUT2D eigenvalue weighted by molar-refractivity contribution is 0.0565. The molecule has 12 heavy (non-hydrogen) atoms. The third kappa shape index (κ3) is 0.612. The highest BCUT2D eigenvalue weighted by atomic mass is 16.6. The van der Waals surface area contributed by atoms with E-state index in [4.69, 9.17) is 4.74 Å². The SMILES string of the molecule is C[C@@]12CCC[C@@H]([C@H](O)C1)[C@]21CO1. The highest BCUT2D eigenvalue weighted by Gasteiger charge is 2.70. The van der Waals surface area contributed by atoms with Crippen molar-refractivity contribution in [3.8, 4) is 0 Å². The van der Waals surface area contributed by atoms with Gasteiger partial charge in [0.15, 0.2) is 0 Å². The topological polar surface area (TPSA) is 32.8 Å². The van der Waals surface area contributed by atoms with Gasteiger partial charge < -0.3 is 9.84 Å². The molecule has 0 aromatic heterocycles. The lowest BCUT2D eigenvalue weighted by atomic mass is 9.68. The third-order valence-corrected chi connectivity index (χ3v) is 4.44. The largest absolute Gasteiger partial charge is 0.393 e. The second-order valence-electron chi connectivity index (χ2n) is 5.01. The average Bonchev–Trinajstić information content (AvgIpc) is 2.73. The van der Waals surface area contributed by atoms with E-state index >= 15 is 0 Å². The summed E-state index contributed by atoms with van der Waals surface area (Å²) in [6, 6.07) is 0. The van der Waals surface area contributed by atoms with Gasteiger partial charge in [-0.1, -0.05) is 13.3 Å². The Bertz CT molecular complexity index is 222. The lowest BCUT2D eigenvalue weighted by Crippen LogP contribution is -2.39. The van der Waals surface area contributed by atoms with Gasteiger partial charge in [-0.05, 0) is 19.3 Å². The summed E-state index contributed by atoms with van der Waals surface area (Å²) in [5, 5.41) is 9.86. The highest BCUT2D eigenvalue weighted by Crippen LogP contribution is 2.65. The number of hydrogen-bond donors (Lipinski definition) is 1. The molecule has 2 saturated carbocycles. The van der Waals surface area contributed by atoms with Gasteiger partial charge in [0.1, 0.15) is 5.60 Å². The van der Waals surface area contributed by atoms with Crippen molar-refractivity contribution in [3.63, 3.8) is 0 Å². The summed E-state index contributed by atoms with van der Waals surface area (Å²) in [4.78, 5) is 0. The van der Waals surface area contributed by atoms with Crippen LogP contribution in [-0.4, -0.2) is 23.4 Å². The van der Waals surface area contributed by atoms with E-state index in [2.05, 4.69) is 6.92 Å². The molecule has 0 aromatic carbocycles. The molecule has 3 aliphatic rings. The molecule has 0 amide bonds. The normalized spacial score (nSPS) is 62.5. The Morgan fingerprint density at radius 2 is 2.25 bits per heavy atom. The van der Waals surface area contributed by atoms with Crippen LogP contribution in [0.1, 0.15) is 32.6 Å². The Hall–Kier alpha value is -0.0800. The maximum Gasteiger partial charge on any atom is 0.102 e. The third-order valence-electron chi connectivity index (χ3n) is 4.44. The fourth-order valence-electron chi connectivity index (χ4n) is 3.63. The molecule has 3 fully saturated rings. The zero-order valence-corrected chi connectivity index (χ0v) is 7.55. The molecular formula is C10H16O2. The molecule has 1 aliphatic heterocycles. The number of rotatable bonds is 0. The van der Waals surface area contributed by atoms with E-state index in [1.165, 1.54) is 19.3 Å². The van der Waals surface area contributed by atoms with Crippen molar-refractivity contribution < 1.29 is 9.84 Å². The van der Waals surface area contributed by atoms with Crippen molar-refractivity contribution in [1.82, 2.24) is 0 Å². The van der Waals surface area contributed by atoms with E-state index < -0.39 is 0 Å². The van der Waals surface area contributed by atoms with Gasteiger partial charge in [-0.3, -0.25) is 0 Å². The summed E-state index contributed by atoms with van der Waals surface area (Å²) >= 11 is 0. The zero-order chi connectivity index (χ0) is 8.40. The van der Waals surface area contributed by atoms with Crippen LogP contribution >= 0.6 is 0 Å². The molecule has 0 radical (unpaired) electrons. The zero-order valence-electron chi connectivity index (χ0n) is 7.55. The monoisotopic (exact) mass is 168 g/mol. The fourth-order valence-corrected chi connectivity index (χ4v) is 3.63. The minimum atomic E-state index is -0.0833. The van der Waals surface area contributed by atoms with Crippen molar-refractivity contribution in [1.29, 1.82) is 0 Å². The van der Waals surface area contributed by atoms with Crippen molar-refractivity contribution in [2.24, 2.45) is 11.3 Å². The summed E-state index contributed by atoms with van der Waals surface area (Å²) in [5.74, 6) is 0.455. The molecule has 2 heteroatoms. The van der Waals surface area contributed by atoms with Crippen LogP contribution in [0.25, 0.3) is 0 Å². The molecule has 1 N–H and O–H groups in total. The van der Waals surface area contributed by atoms with Gasteiger partial charge in [0.2, 0.25) is 0 Å². The Labute approximate surface area is 72.9 Å². The molecule has 1 spiro atoms. The second kappa shape index (κ2) is 1.88. The number of aliphatic hydroxyl groups is 1. The van der Waals surface area contributed by atoms with E-state index in [1.807, 2.05) is 0 Å². The molecular weight excluding hydrogens is 152 g/mol. The lowest BCUT2D eigenvalue weighted by Gasteiger charge is -2.35. The average molecular weight is 168 g/mol. The van der Waals surface area contributed by atoms with Crippen LogP contribution in [0, 0.1) is 11.3 Å². The van der Waals surface area contributed by atoms with Crippen LogP contribution in [0.5, 0.6) is 0 Å². The maximum atomic E-state index is 9.86. The number of hydrogen-bond acceptors (Lipinski definition) is 2. The molecule has 3 rings (SSSR count). The van der Waals surface area contributed by atoms with Gasteiger partial charge in [-0.15, -0.1) is 0 Å². The van der Waals surface area contributed by atoms with Crippen LogP contribution in [0.3, 0.4) is 0 Å². The molecule has 4 atom stereocenters. The van der Waals surface area contributed by atoms with Crippen LogP contribution in [0.15, 0.2) is 0 Å². The van der Waals surface area contributed by atoms with E-state index in [1.54, 1.807) is 0 Å². The van der Waals surface area contributed by atoms with Gasteiger partial charge in [0.25, 0.3) is 0 Å². The molecule has 68 valence electrons. The Kier molecular flexibility index (Phi) is 1.15. The van der Waals surface area contributed by atoms with Crippen molar-refractivity contribution >= 4 is 0 Å². The van der Waals surface area contributed by atoms with Crippen molar-refractivity contribution in [3.05, 3.63) is 0 Å². The van der Waals surface area contributed by atoms with Crippen molar-refractivity contribution in [2.75, 3.05) is 6.61 Å². The first kappa shape index (κ1) is 7.34. The number of ether oxygens (including phenoxy) is 1. The van der Waals surface area contributed by atoms with Gasteiger partial charge in [0.05, 0.1) is 12.7 Å². The first-order valence-corrected chi connectivity index (χ1v) is 5.00. The smallest absolute Gasteiger partial charge is 0.102 e. The highest BCUT2D eigenvalue weighted by molar-refractivity contribution is 5.19. The standard InChI is InChI=1S/C10H16O2/c1-9-4-2-3-7(8(11)5-9)10(9)6-12-10/h7-8,11H,2-6H2,1H3/t7-,8+,9+,10+/m0/s1. The summed E-state index contributed by atoms with van der Waals surface area (Å²) in [7, 11) is 0. The first-order valence-electron chi connectivity index (χ1n) is 5.00. The van der Waals surface area contributed by atoms with E-state index in [0.717, 1.165) is 13.0 Å². The summed E-state index contributed by atoms with van der Waals surface area (Å²) in [6.07, 6.45) is 4.60. The van der Waals surface area contributed by atoms with E-state index in [9.17, 15) is 5.11 Å². The number of epoxide rings is 1. The van der Waals surface area contributed by atoms with Crippen LogP contribution < -0.4 is 0 Å². The first-order chi connectivity index (χ1) is 5.68. The van der Waals surface area contributed by atoms with Gasteiger partial charge in [-0.2, -0.15) is 0 Å². The predicted molar refractivity (Wildman–Crippen MR) is 44.8 cm³/mol. The Balaban J connectivity index is 2.03. The number of aliphatic hydroxyl groups excluding tert-OH is 1. The molecule has 2 nitrogen and oxygen atoms in total. The summed E-state index contributed by atoms with van der Waals surface area (Å²) in [6.45, 7) is 3.20.